The summed E-state index contributed by atoms with van der Waals surface area (Å²) in [6, 6.07) is 8.63. The van der Waals surface area contributed by atoms with Gasteiger partial charge in [0.25, 0.3) is 0 Å². The molecule has 5 heteroatoms. The van der Waals surface area contributed by atoms with E-state index in [1.54, 1.807) is 24.3 Å². The Morgan fingerprint density at radius 1 is 1.09 bits per heavy atom. The lowest BCUT2D eigenvalue weighted by atomic mass is 9.95. The van der Waals surface area contributed by atoms with Crippen molar-refractivity contribution in [3.05, 3.63) is 30.3 Å². The lowest BCUT2D eigenvalue weighted by Gasteiger charge is -2.23. The first kappa shape index (κ1) is 18.4. The SMILES string of the molecule is CC(C)[C@@H]1OC(C)(C)O[C@@H]1C[C@H](C)CS(=O)(=O)c1ccccc1. The number of benzene rings is 1. The predicted octanol–water partition coefficient (Wildman–Crippen LogP) is 3.66. The normalized spacial score (nSPS) is 25.7. The molecule has 1 aromatic carbocycles. The van der Waals surface area contributed by atoms with Gasteiger partial charge in [-0.3, -0.25) is 0 Å². The fourth-order valence-electron chi connectivity index (χ4n) is 3.17. The van der Waals surface area contributed by atoms with E-state index >= 15 is 0 Å². The Kier molecular flexibility index (Phi) is 5.54. The molecule has 4 nitrogen and oxygen atoms in total. The Labute approximate surface area is 140 Å². The van der Waals surface area contributed by atoms with Crippen molar-refractivity contribution in [3.63, 3.8) is 0 Å². The highest BCUT2D eigenvalue weighted by Crippen LogP contribution is 2.35. The Morgan fingerprint density at radius 3 is 2.26 bits per heavy atom. The fraction of sp³-hybridized carbons (Fsp3) is 0.667. The quantitative estimate of drug-likeness (QED) is 0.793. The molecule has 3 atom stereocenters. The predicted molar refractivity (Wildman–Crippen MR) is 90.9 cm³/mol. The van der Waals surface area contributed by atoms with E-state index in [1.807, 2.05) is 26.8 Å². The van der Waals surface area contributed by atoms with Crippen molar-refractivity contribution in [2.24, 2.45) is 11.8 Å². The second-order valence-electron chi connectivity index (χ2n) is 7.32. The molecule has 0 spiro atoms. The van der Waals surface area contributed by atoms with Crippen LogP contribution >= 0.6 is 0 Å². The van der Waals surface area contributed by atoms with Gasteiger partial charge in [0.15, 0.2) is 15.6 Å². The van der Waals surface area contributed by atoms with Crippen molar-refractivity contribution >= 4 is 9.84 Å². The fourth-order valence-corrected chi connectivity index (χ4v) is 4.82. The third kappa shape index (κ3) is 4.78. The molecule has 1 heterocycles. The number of hydrogen-bond donors (Lipinski definition) is 0. The van der Waals surface area contributed by atoms with E-state index in [9.17, 15) is 8.42 Å². The second kappa shape index (κ2) is 6.91. The zero-order chi connectivity index (χ0) is 17.3. The molecule has 1 saturated heterocycles. The highest BCUT2D eigenvalue weighted by molar-refractivity contribution is 7.91. The van der Waals surface area contributed by atoms with Gasteiger partial charge in [0.2, 0.25) is 0 Å². The zero-order valence-corrected chi connectivity index (χ0v) is 15.5. The van der Waals surface area contributed by atoms with Crippen molar-refractivity contribution in [2.45, 2.75) is 63.9 Å². The Bertz CT molecular complexity index is 607. The molecular weight excluding hydrogens is 312 g/mol. The highest BCUT2D eigenvalue weighted by Gasteiger charge is 2.43. The van der Waals surface area contributed by atoms with Crippen LogP contribution in [0.25, 0.3) is 0 Å². The molecule has 0 bridgehead atoms. The molecule has 1 fully saturated rings. The summed E-state index contributed by atoms with van der Waals surface area (Å²) in [6.45, 7) is 10.00. The summed E-state index contributed by atoms with van der Waals surface area (Å²) >= 11 is 0. The van der Waals surface area contributed by atoms with E-state index in [-0.39, 0.29) is 23.9 Å². The van der Waals surface area contributed by atoms with Crippen LogP contribution in [0.3, 0.4) is 0 Å². The van der Waals surface area contributed by atoms with Crippen molar-refractivity contribution in [1.82, 2.24) is 0 Å². The van der Waals surface area contributed by atoms with E-state index < -0.39 is 15.6 Å². The zero-order valence-electron chi connectivity index (χ0n) is 14.7. The molecule has 23 heavy (non-hydrogen) atoms. The molecule has 1 aromatic rings. The van der Waals surface area contributed by atoms with Gasteiger partial charge in [-0.1, -0.05) is 39.0 Å². The van der Waals surface area contributed by atoms with Crippen molar-refractivity contribution in [1.29, 1.82) is 0 Å². The minimum atomic E-state index is -3.26. The Balaban J connectivity index is 2.03. The van der Waals surface area contributed by atoms with Gasteiger partial charge in [0, 0.05) is 0 Å². The molecule has 0 amide bonds. The summed E-state index contributed by atoms with van der Waals surface area (Å²) in [5, 5.41) is 0. The number of sulfone groups is 1. The van der Waals surface area contributed by atoms with Crippen LogP contribution in [0.2, 0.25) is 0 Å². The van der Waals surface area contributed by atoms with Crippen LogP contribution in [0, 0.1) is 11.8 Å². The number of rotatable bonds is 6. The first-order valence-corrected chi connectivity index (χ1v) is 9.89. The van der Waals surface area contributed by atoms with Crippen molar-refractivity contribution < 1.29 is 17.9 Å². The van der Waals surface area contributed by atoms with Gasteiger partial charge in [-0.25, -0.2) is 8.42 Å². The van der Waals surface area contributed by atoms with Gasteiger partial charge in [0.1, 0.15) is 0 Å². The standard InChI is InChI=1S/C18H28O4S/c1-13(2)17-16(21-18(4,5)22-17)11-14(3)12-23(19,20)15-9-7-6-8-10-15/h6-10,13-14,16-17H,11-12H2,1-5H3/t14-,16+,17-/m0/s1. The van der Waals surface area contributed by atoms with E-state index in [4.69, 9.17) is 9.47 Å². The lowest BCUT2D eigenvalue weighted by molar-refractivity contribution is -0.150. The second-order valence-corrected chi connectivity index (χ2v) is 9.35. The van der Waals surface area contributed by atoms with Crippen molar-refractivity contribution in [3.8, 4) is 0 Å². The maximum atomic E-state index is 12.5. The summed E-state index contributed by atoms with van der Waals surface area (Å²) in [5.41, 5.74) is 0. The third-order valence-electron chi connectivity index (χ3n) is 4.12. The Hall–Kier alpha value is -0.910. The van der Waals surface area contributed by atoms with E-state index in [1.165, 1.54) is 0 Å². The van der Waals surface area contributed by atoms with Crippen LogP contribution in [-0.4, -0.2) is 32.2 Å². The average Bonchev–Trinajstić information content (AvgIpc) is 2.74. The third-order valence-corrected chi connectivity index (χ3v) is 6.12. The topological polar surface area (TPSA) is 52.6 Å². The molecule has 0 N–H and O–H groups in total. The molecule has 0 aromatic heterocycles. The average molecular weight is 340 g/mol. The largest absolute Gasteiger partial charge is 0.345 e. The van der Waals surface area contributed by atoms with E-state index in [2.05, 4.69) is 13.8 Å². The molecule has 1 aliphatic heterocycles. The smallest absolute Gasteiger partial charge is 0.178 e. The maximum absolute atomic E-state index is 12.5. The highest BCUT2D eigenvalue weighted by atomic mass is 32.2. The first-order valence-electron chi connectivity index (χ1n) is 8.24. The summed E-state index contributed by atoms with van der Waals surface area (Å²) in [6.07, 6.45) is 0.621. The van der Waals surface area contributed by atoms with Gasteiger partial charge < -0.3 is 9.47 Å². The molecule has 1 aliphatic rings. The summed E-state index contributed by atoms with van der Waals surface area (Å²) in [5.74, 6) is -0.136. The van der Waals surface area contributed by atoms with Crippen molar-refractivity contribution in [2.75, 3.05) is 5.75 Å². The monoisotopic (exact) mass is 340 g/mol. The van der Waals surface area contributed by atoms with Gasteiger partial charge >= 0.3 is 0 Å². The van der Waals surface area contributed by atoms with Gasteiger partial charge in [-0.2, -0.15) is 0 Å². The number of ether oxygens (including phenoxy) is 2. The number of hydrogen-bond acceptors (Lipinski definition) is 4. The molecule has 130 valence electrons. The minimum Gasteiger partial charge on any atom is -0.345 e. The molecule has 0 unspecified atom stereocenters. The summed E-state index contributed by atoms with van der Waals surface area (Å²) in [4.78, 5) is 0.385. The van der Waals surface area contributed by atoms with Crippen LogP contribution < -0.4 is 0 Å². The van der Waals surface area contributed by atoms with Crippen LogP contribution in [0.1, 0.15) is 41.0 Å². The molecule has 2 rings (SSSR count). The van der Waals surface area contributed by atoms with Crippen LogP contribution in [-0.2, 0) is 19.3 Å². The molecule has 0 aliphatic carbocycles. The van der Waals surface area contributed by atoms with Crippen LogP contribution in [0.15, 0.2) is 35.2 Å². The first-order chi connectivity index (χ1) is 10.6. The van der Waals surface area contributed by atoms with Crippen LogP contribution in [0.4, 0.5) is 0 Å². The maximum Gasteiger partial charge on any atom is 0.178 e. The summed E-state index contributed by atoms with van der Waals surface area (Å²) in [7, 11) is -3.26. The molecule has 0 radical (unpaired) electrons. The molecule has 0 saturated carbocycles. The van der Waals surface area contributed by atoms with Gasteiger partial charge in [-0.05, 0) is 44.2 Å². The van der Waals surface area contributed by atoms with Gasteiger partial charge in [-0.15, -0.1) is 0 Å². The van der Waals surface area contributed by atoms with Gasteiger partial charge in [0.05, 0.1) is 22.9 Å². The van der Waals surface area contributed by atoms with Crippen LogP contribution in [0.5, 0.6) is 0 Å². The summed E-state index contributed by atoms with van der Waals surface area (Å²) < 4.78 is 36.9. The molecular formula is C18H28O4S. The van der Waals surface area contributed by atoms with E-state index in [0.717, 1.165) is 0 Å². The van der Waals surface area contributed by atoms with E-state index in [0.29, 0.717) is 17.2 Å². The lowest BCUT2D eigenvalue weighted by Crippen LogP contribution is -2.31. The Morgan fingerprint density at radius 2 is 1.70 bits per heavy atom. The minimum absolute atomic E-state index is 0.00366.